The van der Waals surface area contributed by atoms with E-state index in [2.05, 4.69) is 15.4 Å². The molecule has 4 N–H and O–H groups in total. The molecule has 2 rings (SSSR count). The molecule has 2 aromatic carbocycles. The van der Waals surface area contributed by atoms with Crippen LogP contribution in [0.15, 0.2) is 47.4 Å². The van der Waals surface area contributed by atoms with Crippen molar-refractivity contribution in [2.24, 2.45) is 5.14 Å². The Morgan fingerprint density at radius 1 is 1.16 bits per heavy atom. The molecule has 0 heterocycles. The Labute approximate surface area is 149 Å². The van der Waals surface area contributed by atoms with Gasteiger partial charge in [0.1, 0.15) is 5.75 Å². The summed E-state index contributed by atoms with van der Waals surface area (Å²) in [6.07, 6.45) is 0. The first-order chi connectivity index (χ1) is 11.6. The van der Waals surface area contributed by atoms with E-state index >= 15 is 0 Å². The van der Waals surface area contributed by atoms with Gasteiger partial charge in [-0.15, -0.1) is 0 Å². The molecule has 0 aliphatic heterocycles. The van der Waals surface area contributed by atoms with Gasteiger partial charge in [0.2, 0.25) is 10.0 Å². The van der Waals surface area contributed by atoms with E-state index in [1.165, 1.54) is 30.3 Å². The molecule has 0 unspecified atom stereocenters. The fraction of sp³-hybridized carbons (Fsp3) is 0.133. The third-order valence-electron chi connectivity index (χ3n) is 3.04. The topological polar surface area (TPSA) is 93.4 Å². The molecule has 0 aliphatic rings. The van der Waals surface area contributed by atoms with Crippen LogP contribution in [0.3, 0.4) is 0 Å². The van der Waals surface area contributed by atoms with Crippen molar-refractivity contribution < 1.29 is 21.9 Å². The molecule has 2 aromatic rings. The van der Waals surface area contributed by atoms with Crippen LogP contribution in [-0.2, 0) is 10.0 Å². The molecule has 0 amide bonds. The van der Waals surface area contributed by atoms with E-state index in [4.69, 9.17) is 17.4 Å². The van der Waals surface area contributed by atoms with Crippen LogP contribution in [0, 0.1) is 6.92 Å². The number of thiocarbonyl (C=S) groups is 1. The van der Waals surface area contributed by atoms with E-state index in [0.29, 0.717) is 5.69 Å². The number of ether oxygens (including phenoxy) is 1. The number of aryl methyl sites for hydroxylation is 1. The van der Waals surface area contributed by atoms with Crippen LogP contribution in [-0.4, -0.2) is 20.1 Å². The van der Waals surface area contributed by atoms with Crippen LogP contribution in [0.25, 0.3) is 0 Å². The van der Waals surface area contributed by atoms with Crippen molar-refractivity contribution in [1.29, 1.82) is 0 Å². The predicted molar refractivity (Wildman–Crippen MR) is 95.5 cm³/mol. The summed E-state index contributed by atoms with van der Waals surface area (Å²) in [4.78, 5) is -0.0387. The Balaban J connectivity index is 2.11. The number of sulfonamides is 1. The van der Waals surface area contributed by atoms with Gasteiger partial charge in [0.25, 0.3) is 0 Å². The molecule has 0 radical (unpaired) electrons. The van der Waals surface area contributed by atoms with Gasteiger partial charge in [-0.05, 0) is 61.1 Å². The molecular weight excluding hydrogens is 372 g/mol. The third-order valence-corrected chi connectivity index (χ3v) is 4.17. The fourth-order valence-electron chi connectivity index (χ4n) is 1.95. The summed E-state index contributed by atoms with van der Waals surface area (Å²) in [6, 6.07) is 10.2. The van der Waals surface area contributed by atoms with Gasteiger partial charge >= 0.3 is 6.61 Å². The Kier molecular flexibility index (Phi) is 5.88. The summed E-state index contributed by atoms with van der Waals surface area (Å²) >= 11 is 5.13. The maximum atomic E-state index is 12.5. The van der Waals surface area contributed by atoms with Gasteiger partial charge in [-0.25, -0.2) is 13.6 Å². The highest BCUT2D eigenvalue weighted by Crippen LogP contribution is 2.27. The second-order valence-electron chi connectivity index (χ2n) is 5.03. The molecule has 134 valence electrons. The minimum absolute atomic E-state index is 0.0387. The zero-order valence-electron chi connectivity index (χ0n) is 13.0. The zero-order chi connectivity index (χ0) is 18.6. The lowest BCUT2D eigenvalue weighted by atomic mass is 10.2. The molecule has 6 nitrogen and oxygen atoms in total. The van der Waals surface area contributed by atoms with Crippen molar-refractivity contribution in [3.8, 4) is 5.75 Å². The summed E-state index contributed by atoms with van der Waals surface area (Å²) in [5.41, 5.74) is 1.59. The summed E-state index contributed by atoms with van der Waals surface area (Å²) in [7, 11) is -3.78. The number of hydrogen-bond acceptors (Lipinski definition) is 4. The highest BCUT2D eigenvalue weighted by molar-refractivity contribution is 7.89. The lowest BCUT2D eigenvalue weighted by Gasteiger charge is -2.15. The Bertz CT molecular complexity index is 872. The van der Waals surface area contributed by atoms with E-state index in [0.717, 1.165) is 5.56 Å². The molecule has 0 aliphatic carbocycles. The molecule has 0 bridgehead atoms. The first-order valence-electron chi connectivity index (χ1n) is 6.91. The van der Waals surface area contributed by atoms with E-state index in [1.807, 2.05) is 0 Å². The normalized spacial score (nSPS) is 11.2. The van der Waals surface area contributed by atoms with E-state index in [-0.39, 0.29) is 21.4 Å². The van der Waals surface area contributed by atoms with E-state index in [9.17, 15) is 17.2 Å². The van der Waals surface area contributed by atoms with Gasteiger partial charge in [-0.1, -0.05) is 6.07 Å². The minimum Gasteiger partial charge on any atom is -0.433 e. The molecule has 25 heavy (non-hydrogen) atoms. The molecule has 0 spiro atoms. The number of alkyl halides is 2. The van der Waals surface area contributed by atoms with Crippen LogP contribution in [0.2, 0.25) is 0 Å². The van der Waals surface area contributed by atoms with Crippen molar-refractivity contribution in [3.63, 3.8) is 0 Å². The van der Waals surface area contributed by atoms with Gasteiger partial charge < -0.3 is 15.4 Å². The summed E-state index contributed by atoms with van der Waals surface area (Å²) in [6.45, 7) is -1.17. The third kappa shape index (κ3) is 5.62. The number of hydrogen-bond donors (Lipinski definition) is 3. The van der Waals surface area contributed by atoms with Crippen molar-refractivity contribution in [2.75, 3.05) is 10.6 Å². The molecule has 10 heteroatoms. The number of nitrogens with two attached hydrogens (primary N) is 1. The summed E-state index contributed by atoms with van der Waals surface area (Å²) in [5, 5.41) is 10.7. The van der Waals surface area contributed by atoms with Crippen LogP contribution >= 0.6 is 12.2 Å². The maximum Gasteiger partial charge on any atom is 0.387 e. The largest absolute Gasteiger partial charge is 0.433 e. The number of benzene rings is 2. The second-order valence-corrected chi connectivity index (χ2v) is 7.00. The van der Waals surface area contributed by atoms with Gasteiger partial charge in [-0.3, -0.25) is 0 Å². The average molecular weight is 387 g/mol. The van der Waals surface area contributed by atoms with Gasteiger partial charge in [-0.2, -0.15) is 8.78 Å². The first-order valence-corrected chi connectivity index (χ1v) is 8.87. The van der Waals surface area contributed by atoms with Crippen LogP contribution in [0.1, 0.15) is 5.56 Å². The molecule has 0 aromatic heterocycles. The lowest BCUT2D eigenvalue weighted by molar-refractivity contribution is -0.0493. The van der Waals surface area contributed by atoms with Crippen molar-refractivity contribution in [1.82, 2.24) is 0 Å². The van der Waals surface area contributed by atoms with Crippen molar-refractivity contribution in [3.05, 3.63) is 48.0 Å². The van der Waals surface area contributed by atoms with Gasteiger partial charge in [0.05, 0.1) is 10.6 Å². The Hall–Kier alpha value is -2.30. The first kappa shape index (κ1) is 19.0. The van der Waals surface area contributed by atoms with Gasteiger partial charge in [0.15, 0.2) is 5.11 Å². The standard InChI is InChI=1S/C15H15F2N3O3S2/c1-9-2-7-13(23-14(16)17)12(8-9)20-15(24)19-10-3-5-11(6-4-10)25(18,21)22/h2-8,14H,1H3,(H2,18,21,22)(H2,19,20,24). The number of anilines is 2. The quantitative estimate of drug-likeness (QED) is 0.683. The molecule has 0 saturated heterocycles. The highest BCUT2D eigenvalue weighted by atomic mass is 32.2. The fourth-order valence-corrected chi connectivity index (χ4v) is 2.70. The van der Waals surface area contributed by atoms with Crippen molar-refractivity contribution >= 4 is 38.7 Å². The van der Waals surface area contributed by atoms with E-state index < -0.39 is 16.6 Å². The monoisotopic (exact) mass is 387 g/mol. The van der Waals surface area contributed by atoms with Crippen LogP contribution < -0.4 is 20.5 Å². The second kappa shape index (κ2) is 7.72. The zero-order valence-corrected chi connectivity index (χ0v) is 14.6. The smallest absolute Gasteiger partial charge is 0.387 e. The Morgan fingerprint density at radius 2 is 1.80 bits per heavy atom. The van der Waals surface area contributed by atoms with Crippen LogP contribution in [0.4, 0.5) is 20.2 Å². The number of rotatable bonds is 5. The lowest BCUT2D eigenvalue weighted by Crippen LogP contribution is -2.20. The molecule has 0 fully saturated rings. The minimum atomic E-state index is -3.78. The average Bonchev–Trinajstić information content (AvgIpc) is 2.49. The van der Waals surface area contributed by atoms with E-state index in [1.54, 1.807) is 19.1 Å². The van der Waals surface area contributed by atoms with Crippen molar-refractivity contribution in [2.45, 2.75) is 18.4 Å². The SMILES string of the molecule is Cc1ccc(OC(F)F)c(NC(=S)Nc2ccc(S(N)(=O)=O)cc2)c1. The molecule has 0 atom stereocenters. The molecular formula is C15H15F2N3O3S2. The maximum absolute atomic E-state index is 12.5. The molecule has 0 saturated carbocycles. The number of nitrogens with one attached hydrogen (secondary N) is 2. The summed E-state index contributed by atoms with van der Waals surface area (Å²) in [5.74, 6) is -0.0469. The predicted octanol–water partition coefficient (Wildman–Crippen LogP) is 3.05. The number of primary sulfonamides is 1. The highest BCUT2D eigenvalue weighted by Gasteiger charge is 2.12. The van der Waals surface area contributed by atoms with Gasteiger partial charge in [0, 0.05) is 5.69 Å². The number of halogens is 2. The Morgan fingerprint density at radius 3 is 2.36 bits per heavy atom. The summed E-state index contributed by atoms with van der Waals surface area (Å²) < 4.78 is 51.8. The van der Waals surface area contributed by atoms with Crippen LogP contribution in [0.5, 0.6) is 5.75 Å².